The van der Waals surface area contributed by atoms with Crippen molar-refractivity contribution in [2.24, 2.45) is 5.92 Å². The number of morpholine rings is 1. The molecule has 278 valence electrons. The average molecular weight is 732 g/mol. The number of cyclic esters (lactones) is 1. The van der Waals surface area contributed by atoms with E-state index in [1.54, 1.807) is 42.5 Å². The van der Waals surface area contributed by atoms with Gasteiger partial charge in [0.25, 0.3) is 0 Å². The number of hydrogen-bond donors (Lipinski definition) is 2. The molecule has 0 saturated carbocycles. The third kappa shape index (κ3) is 6.11. The zero-order chi connectivity index (χ0) is 37.8. The molecule has 0 aliphatic carbocycles. The minimum Gasteiger partial charge on any atom is -0.491 e. The molecule has 12 nitrogen and oxygen atoms in total. The number of rotatable bonds is 12. The van der Waals surface area contributed by atoms with Gasteiger partial charge in [-0.1, -0.05) is 97.1 Å². The van der Waals surface area contributed by atoms with Crippen LogP contribution in [0.1, 0.15) is 40.4 Å². The van der Waals surface area contributed by atoms with Crippen molar-refractivity contribution in [1.29, 1.82) is 0 Å². The van der Waals surface area contributed by atoms with Crippen LogP contribution in [-0.4, -0.2) is 80.0 Å². The fourth-order valence-corrected chi connectivity index (χ4v) is 8.34. The Kier molecular flexibility index (Phi) is 10.6. The Morgan fingerprint density at radius 3 is 2.26 bits per heavy atom. The summed E-state index contributed by atoms with van der Waals surface area (Å²) in [6.07, 6.45) is -0.292. The quantitative estimate of drug-likeness (QED) is 0.118. The molecule has 3 aliphatic rings. The second-order valence-corrected chi connectivity index (χ2v) is 13.2. The number of fused-ring (bicyclic) bond motifs is 3. The van der Waals surface area contributed by atoms with Crippen molar-refractivity contribution in [3.05, 3.63) is 144 Å². The van der Waals surface area contributed by atoms with E-state index < -0.39 is 59.4 Å². The SMILES string of the molecule is C=CCNC(=O)[C@H]1[C@@H]2C(=O)O[C@@H](c3ccccc3)[C@@H](c3ccccc3)N2[C@@H](c2cccc(OCCO)c2)[C@]12C(=O)N(C(=O)OCCOC)c1ccccc12. The molecule has 0 radical (unpaired) electrons. The van der Waals surface area contributed by atoms with Gasteiger partial charge < -0.3 is 29.4 Å². The van der Waals surface area contributed by atoms with Crippen molar-refractivity contribution in [3.8, 4) is 5.75 Å². The van der Waals surface area contributed by atoms with E-state index in [1.807, 2.05) is 71.6 Å². The van der Waals surface area contributed by atoms with Crippen LogP contribution in [0.15, 0.2) is 122 Å². The van der Waals surface area contributed by atoms with Gasteiger partial charge in [0.2, 0.25) is 11.8 Å². The van der Waals surface area contributed by atoms with E-state index in [0.29, 0.717) is 22.4 Å². The minimum atomic E-state index is -1.89. The first-order valence-electron chi connectivity index (χ1n) is 17.8. The molecule has 3 amide bonds. The lowest BCUT2D eigenvalue weighted by molar-refractivity contribution is -0.178. The van der Waals surface area contributed by atoms with Crippen LogP contribution in [0.3, 0.4) is 0 Å². The highest BCUT2D eigenvalue weighted by Crippen LogP contribution is 2.65. The standard InChI is InChI=1S/C42H41N3O9/c1-3-21-43-38(47)33-35-39(48)54-36(28-15-8-5-9-16-28)34(27-13-6-4-7-14-27)45(35)37(29-17-12-18-30(26-29)52-23-22-46)42(33)31-19-10-11-20-32(31)44(40(42)49)41(50)53-25-24-51-2/h3-20,26,33-37,46H,1,21-25H2,2H3,(H,43,47)/t33-,34-,35-,36+,37+,42-/m1/s1. The number of carbonyl (C=O) groups is 4. The zero-order valence-electron chi connectivity index (χ0n) is 29.7. The molecule has 0 unspecified atom stereocenters. The van der Waals surface area contributed by atoms with Crippen molar-refractivity contribution >= 4 is 29.6 Å². The van der Waals surface area contributed by atoms with Crippen LogP contribution in [0.5, 0.6) is 5.75 Å². The average Bonchev–Trinajstić information content (AvgIpc) is 3.66. The number of ether oxygens (including phenoxy) is 4. The first-order chi connectivity index (χ1) is 26.4. The van der Waals surface area contributed by atoms with Gasteiger partial charge in [0.15, 0.2) is 0 Å². The van der Waals surface area contributed by atoms with Gasteiger partial charge in [-0.15, -0.1) is 6.58 Å². The molecule has 3 heterocycles. The number of methoxy groups -OCH3 is 1. The largest absolute Gasteiger partial charge is 0.491 e. The lowest BCUT2D eigenvalue weighted by Crippen LogP contribution is -2.55. The Hall–Kier alpha value is -5.82. The van der Waals surface area contributed by atoms with Crippen LogP contribution >= 0.6 is 0 Å². The van der Waals surface area contributed by atoms with E-state index in [2.05, 4.69) is 11.9 Å². The number of benzene rings is 4. The van der Waals surface area contributed by atoms with Gasteiger partial charge in [0.05, 0.1) is 36.9 Å². The molecule has 0 aromatic heterocycles. The lowest BCUT2D eigenvalue weighted by Gasteiger charge is -2.46. The van der Waals surface area contributed by atoms with Crippen molar-refractivity contribution in [1.82, 2.24) is 10.2 Å². The third-order valence-electron chi connectivity index (χ3n) is 10.3. The lowest BCUT2D eigenvalue weighted by atomic mass is 9.65. The molecule has 3 aliphatic heterocycles. The number of nitrogens with zero attached hydrogens (tertiary/aromatic N) is 2. The molecular weight excluding hydrogens is 690 g/mol. The van der Waals surface area contributed by atoms with Crippen LogP contribution in [0, 0.1) is 5.92 Å². The minimum absolute atomic E-state index is 0.0100. The van der Waals surface area contributed by atoms with E-state index >= 15 is 4.79 Å². The van der Waals surface area contributed by atoms with E-state index in [0.717, 1.165) is 10.5 Å². The Morgan fingerprint density at radius 2 is 1.56 bits per heavy atom. The number of anilines is 1. The fraction of sp³-hybridized carbons (Fsp3) is 0.286. The molecule has 6 atom stereocenters. The summed E-state index contributed by atoms with van der Waals surface area (Å²) in [6, 6.07) is 29.6. The molecule has 4 aromatic rings. The molecule has 0 bridgehead atoms. The second-order valence-electron chi connectivity index (χ2n) is 13.2. The van der Waals surface area contributed by atoms with Gasteiger partial charge in [-0.3, -0.25) is 19.3 Å². The van der Waals surface area contributed by atoms with Gasteiger partial charge in [0.1, 0.15) is 36.5 Å². The molecule has 4 aromatic carbocycles. The van der Waals surface area contributed by atoms with E-state index in [4.69, 9.17) is 18.9 Å². The number of para-hydroxylation sites is 1. The number of aliphatic hydroxyl groups is 1. The number of esters is 1. The molecule has 2 N–H and O–H groups in total. The maximum atomic E-state index is 15.7. The molecule has 12 heteroatoms. The normalized spacial score (nSPS) is 24.4. The highest BCUT2D eigenvalue weighted by Gasteiger charge is 2.75. The number of imide groups is 1. The molecular formula is C42H41N3O9. The molecule has 1 spiro atoms. The van der Waals surface area contributed by atoms with Crippen LogP contribution in [-0.2, 0) is 34.0 Å². The summed E-state index contributed by atoms with van der Waals surface area (Å²) in [7, 11) is 1.47. The fourth-order valence-electron chi connectivity index (χ4n) is 8.34. The van der Waals surface area contributed by atoms with Gasteiger partial charge in [-0.25, -0.2) is 9.69 Å². The predicted octanol–water partition coefficient (Wildman–Crippen LogP) is 4.81. The highest BCUT2D eigenvalue weighted by molar-refractivity contribution is 6.23. The summed E-state index contributed by atoms with van der Waals surface area (Å²) >= 11 is 0. The summed E-state index contributed by atoms with van der Waals surface area (Å²) in [5, 5.41) is 12.5. The summed E-state index contributed by atoms with van der Waals surface area (Å²) < 4.78 is 22.9. The first kappa shape index (κ1) is 36.5. The monoisotopic (exact) mass is 731 g/mol. The Morgan fingerprint density at radius 1 is 0.870 bits per heavy atom. The van der Waals surface area contributed by atoms with Crippen LogP contribution in [0.2, 0.25) is 0 Å². The van der Waals surface area contributed by atoms with Crippen LogP contribution < -0.4 is 15.0 Å². The number of amides is 3. The maximum Gasteiger partial charge on any atom is 0.421 e. The Bertz CT molecular complexity index is 2030. The highest BCUT2D eigenvalue weighted by atomic mass is 16.6. The number of aliphatic hydroxyl groups excluding tert-OH is 1. The summed E-state index contributed by atoms with van der Waals surface area (Å²) in [5.74, 6) is -3.04. The first-order valence-corrected chi connectivity index (χ1v) is 17.8. The van der Waals surface area contributed by atoms with Crippen molar-refractivity contribution in [2.45, 2.75) is 29.6 Å². The molecule has 7 rings (SSSR count). The van der Waals surface area contributed by atoms with Crippen molar-refractivity contribution in [2.75, 3.05) is 45.0 Å². The second kappa shape index (κ2) is 15.7. The van der Waals surface area contributed by atoms with Crippen LogP contribution in [0.4, 0.5) is 10.5 Å². The van der Waals surface area contributed by atoms with Gasteiger partial charge in [-0.05, 0) is 40.5 Å². The summed E-state index contributed by atoms with van der Waals surface area (Å²) in [6.45, 7) is 3.56. The number of carbonyl (C=O) groups excluding carboxylic acids is 4. The molecule has 2 fully saturated rings. The van der Waals surface area contributed by atoms with E-state index in [1.165, 1.54) is 13.2 Å². The van der Waals surface area contributed by atoms with Crippen LogP contribution in [0.25, 0.3) is 0 Å². The zero-order valence-corrected chi connectivity index (χ0v) is 29.7. The number of nitrogens with one attached hydrogen (secondary N) is 1. The smallest absolute Gasteiger partial charge is 0.421 e. The summed E-state index contributed by atoms with van der Waals surface area (Å²) in [5.41, 5.74) is 0.739. The van der Waals surface area contributed by atoms with Gasteiger partial charge in [0, 0.05) is 13.7 Å². The topological polar surface area (TPSA) is 144 Å². The van der Waals surface area contributed by atoms with E-state index in [-0.39, 0.29) is 38.7 Å². The van der Waals surface area contributed by atoms with Crippen molar-refractivity contribution in [3.63, 3.8) is 0 Å². The Balaban J connectivity index is 1.55. The van der Waals surface area contributed by atoms with E-state index in [9.17, 15) is 19.5 Å². The van der Waals surface area contributed by atoms with Gasteiger partial charge >= 0.3 is 12.1 Å². The summed E-state index contributed by atoms with van der Waals surface area (Å²) in [4.78, 5) is 62.2. The number of hydrogen-bond acceptors (Lipinski definition) is 10. The van der Waals surface area contributed by atoms with Gasteiger partial charge in [-0.2, -0.15) is 0 Å². The van der Waals surface area contributed by atoms with Crippen molar-refractivity contribution < 1.29 is 43.2 Å². The maximum absolute atomic E-state index is 15.7. The Labute approximate surface area is 312 Å². The molecule has 54 heavy (non-hydrogen) atoms. The third-order valence-corrected chi connectivity index (χ3v) is 10.3. The predicted molar refractivity (Wildman–Crippen MR) is 197 cm³/mol. The molecule has 2 saturated heterocycles.